The Morgan fingerprint density at radius 3 is 2.94 bits per heavy atom. The van der Waals surface area contributed by atoms with E-state index >= 15 is 0 Å². The van der Waals surface area contributed by atoms with Crippen molar-refractivity contribution in [2.75, 3.05) is 6.54 Å². The van der Waals surface area contributed by atoms with Crippen molar-refractivity contribution in [1.82, 2.24) is 9.97 Å². The maximum absolute atomic E-state index is 5.57. The van der Waals surface area contributed by atoms with Crippen LogP contribution in [0.5, 0.6) is 0 Å². The Morgan fingerprint density at radius 2 is 2.19 bits per heavy atom. The van der Waals surface area contributed by atoms with Crippen molar-refractivity contribution in [3.8, 4) is 0 Å². The lowest BCUT2D eigenvalue weighted by atomic mass is 9.86. The molecule has 1 heterocycles. The van der Waals surface area contributed by atoms with Crippen LogP contribution in [-0.2, 0) is 19.3 Å². The van der Waals surface area contributed by atoms with E-state index in [4.69, 9.17) is 5.73 Å². The molecule has 0 spiro atoms. The van der Waals surface area contributed by atoms with Crippen molar-refractivity contribution in [3.63, 3.8) is 0 Å². The van der Waals surface area contributed by atoms with Gasteiger partial charge in [-0.05, 0) is 57.1 Å². The zero-order valence-electron chi connectivity index (χ0n) is 10.3. The summed E-state index contributed by atoms with van der Waals surface area (Å²) in [5.41, 5.74) is 9.53. The number of nitrogens with zero attached hydrogens (tertiary/aromatic N) is 2. The Kier molecular flexibility index (Phi) is 3.54. The molecule has 0 aromatic carbocycles. The van der Waals surface area contributed by atoms with Gasteiger partial charge in [-0.15, -0.1) is 0 Å². The summed E-state index contributed by atoms with van der Waals surface area (Å²) < 4.78 is 0. The average Bonchev–Trinajstić information content (AvgIpc) is 2.26. The summed E-state index contributed by atoms with van der Waals surface area (Å²) >= 11 is 0. The van der Waals surface area contributed by atoms with Crippen LogP contribution in [-0.4, -0.2) is 16.5 Å². The molecule has 16 heavy (non-hydrogen) atoms. The topological polar surface area (TPSA) is 51.8 Å². The molecule has 2 rings (SSSR count). The maximum Gasteiger partial charge on any atom is 0.125 e. The van der Waals surface area contributed by atoms with Crippen molar-refractivity contribution in [2.24, 2.45) is 11.7 Å². The summed E-state index contributed by atoms with van der Waals surface area (Å²) in [6.45, 7) is 5.05. The molecule has 0 amide bonds. The van der Waals surface area contributed by atoms with E-state index in [9.17, 15) is 0 Å². The van der Waals surface area contributed by atoms with Crippen LogP contribution in [0.3, 0.4) is 0 Å². The Bertz CT molecular complexity index is 374. The Morgan fingerprint density at radius 1 is 1.38 bits per heavy atom. The summed E-state index contributed by atoms with van der Waals surface area (Å²) in [4.78, 5) is 9.17. The third-order valence-electron chi connectivity index (χ3n) is 3.33. The van der Waals surface area contributed by atoms with Crippen LogP contribution in [0, 0.1) is 12.8 Å². The molecule has 0 radical (unpaired) electrons. The van der Waals surface area contributed by atoms with Gasteiger partial charge in [-0.2, -0.15) is 0 Å². The minimum Gasteiger partial charge on any atom is -0.330 e. The van der Waals surface area contributed by atoms with E-state index in [1.54, 1.807) is 0 Å². The first-order valence-electron chi connectivity index (χ1n) is 6.26. The second-order valence-electron chi connectivity index (χ2n) is 4.88. The van der Waals surface area contributed by atoms with E-state index in [-0.39, 0.29) is 0 Å². The summed E-state index contributed by atoms with van der Waals surface area (Å²) in [7, 11) is 0. The van der Waals surface area contributed by atoms with Crippen LogP contribution >= 0.6 is 0 Å². The van der Waals surface area contributed by atoms with Gasteiger partial charge in [0.05, 0.1) is 0 Å². The Hall–Kier alpha value is -0.960. The van der Waals surface area contributed by atoms with E-state index in [1.807, 2.05) is 6.92 Å². The summed E-state index contributed by atoms with van der Waals surface area (Å²) in [6.07, 6.45) is 5.57. The van der Waals surface area contributed by atoms with Gasteiger partial charge < -0.3 is 5.73 Å². The fourth-order valence-corrected chi connectivity index (χ4v) is 2.47. The molecule has 0 fully saturated rings. The van der Waals surface area contributed by atoms with Gasteiger partial charge >= 0.3 is 0 Å². The van der Waals surface area contributed by atoms with Crippen molar-refractivity contribution in [3.05, 3.63) is 22.8 Å². The van der Waals surface area contributed by atoms with Crippen LogP contribution in [0.2, 0.25) is 0 Å². The van der Waals surface area contributed by atoms with Crippen molar-refractivity contribution < 1.29 is 0 Å². The first-order valence-corrected chi connectivity index (χ1v) is 6.26. The molecular weight excluding hydrogens is 198 g/mol. The second-order valence-corrected chi connectivity index (χ2v) is 4.88. The maximum atomic E-state index is 5.57. The van der Waals surface area contributed by atoms with Crippen molar-refractivity contribution in [1.29, 1.82) is 0 Å². The minimum absolute atomic E-state index is 0.743. The molecule has 0 saturated heterocycles. The fourth-order valence-electron chi connectivity index (χ4n) is 2.47. The molecule has 1 aliphatic rings. The highest BCUT2D eigenvalue weighted by Crippen LogP contribution is 2.26. The van der Waals surface area contributed by atoms with Crippen LogP contribution in [0.1, 0.15) is 42.5 Å². The molecule has 1 unspecified atom stereocenters. The molecular formula is C13H21N3. The summed E-state index contributed by atoms with van der Waals surface area (Å²) in [6, 6.07) is 0. The Labute approximate surface area is 97.5 Å². The van der Waals surface area contributed by atoms with Gasteiger partial charge in [0.25, 0.3) is 0 Å². The number of nitrogens with two attached hydrogens (primary N) is 1. The molecule has 1 aromatic rings. The highest BCUT2D eigenvalue weighted by Gasteiger charge is 2.20. The lowest BCUT2D eigenvalue weighted by molar-refractivity contribution is 0.486. The van der Waals surface area contributed by atoms with E-state index < -0.39 is 0 Å². The zero-order valence-corrected chi connectivity index (χ0v) is 10.3. The molecule has 3 nitrogen and oxygen atoms in total. The van der Waals surface area contributed by atoms with Gasteiger partial charge in [-0.3, -0.25) is 0 Å². The number of rotatable bonds is 3. The van der Waals surface area contributed by atoms with Crippen LogP contribution in [0.25, 0.3) is 0 Å². The first kappa shape index (κ1) is 11.5. The van der Waals surface area contributed by atoms with Gasteiger partial charge in [-0.1, -0.05) is 6.92 Å². The van der Waals surface area contributed by atoms with Crippen molar-refractivity contribution in [2.45, 2.75) is 46.0 Å². The SMILES string of the molecule is Cc1nc(CCCN)c2c(n1)CCC(C)C2. The average molecular weight is 219 g/mol. The van der Waals surface area contributed by atoms with Crippen LogP contribution in [0.4, 0.5) is 0 Å². The predicted molar refractivity (Wildman–Crippen MR) is 65.3 cm³/mol. The number of aromatic nitrogens is 2. The third kappa shape index (κ3) is 2.40. The normalized spacial score (nSPS) is 19.6. The van der Waals surface area contributed by atoms with Gasteiger partial charge in [0.15, 0.2) is 0 Å². The predicted octanol–water partition coefficient (Wildman–Crippen LogP) is 1.80. The highest BCUT2D eigenvalue weighted by atomic mass is 14.9. The molecule has 1 atom stereocenters. The summed E-state index contributed by atoms with van der Waals surface area (Å²) in [5, 5.41) is 0. The number of aryl methyl sites for hydroxylation is 3. The number of hydrogen-bond acceptors (Lipinski definition) is 3. The van der Waals surface area contributed by atoms with Gasteiger partial charge in [-0.25, -0.2) is 9.97 Å². The minimum atomic E-state index is 0.743. The number of hydrogen-bond donors (Lipinski definition) is 1. The second kappa shape index (κ2) is 4.91. The van der Waals surface area contributed by atoms with E-state index in [1.165, 1.54) is 23.4 Å². The highest BCUT2D eigenvalue weighted by molar-refractivity contribution is 5.29. The van der Waals surface area contributed by atoms with E-state index in [0.29, 0.717) is 0 Å². The van der Waals surface area contributed by atoms with Crippen LogP contribution in [0.15, 0.2) is 0 Å². The quantitative estimate of drug-likeness (QED) is 0.843. The van der Waals surface area contributed by atoms with E-state index in [2.05, 4.69) is 16.9 Å². The Balaban J connectivity index is 2.31. The van der Waals surface area contributed by atoms with Crippen molar-refractivity contribution >= 4 is 0 Å². The molecule has 0 aliphatic heterocycles. The van der Waals surface area contributed by atoms with E-state index in [0.717, 1.165) is 44.0 Å². The summed E-state index contributed by atoms with van der Waals surface area (Å²) in [5.74, 6) is 1.69. The first-order chi connectivity index (χ1) is 7.70. The zero-order chi connectivity index (χ0) is 11.5. The monoisotopic (exact) mass is 219 g/mol. The molecule has 1 aromatic heterocycles. The number of fused-ring (bicyclic) bond motifs is 1. The molecule has 0 saturated carbocycles. The largest absolute Gasteiger partial charge is 0.330 e. The third-order valence-corrected chi connectivity index (χ3v) is 3.33. The lowest BCUT2D eigenvalue weighted by Gasteiger charge is -2.23. The fraction of sp³-hybridized carbons (Fsp3) is 0.692. The lowest BCUT2D eigenvalue weighted by Crippen LogP contribution is -2.18. The standard InChI is InChI=1S/C13H21N3/c1-9-5-6-13-11(8-9)12(4-3-7-14)15-10(2)16-13/h9H,3-8,14H2,1-2H3. The smallest absolute Gasteiger partial charge is 0.125 e. The molecule has 3 heteroatoms. The van der Waals surface area contributed by atoms with Gasteiger partial charge in [0, 0.05) is 11.4 Å². The molecule has 0 bridgehead atoms. The molecule has 1 aliphatic carbocycles. The molecule has 2 N–H and O–H groups in total. The van der Waals surface area contributed by atoms with Gasteiger partial charge in [0.1, 0.15) is 5.82 Å². The molecule has 88 valence electrons. The van der Waals surface area contributed by atoms with Gasteiger partial charge in [0.2, 0.25) is 0 Å². The van der Waals surface area contributed by atoms with Crippen LogP contribution < -0.4 is 5.73 Å².